The van der Waals surface area contributed by atoms with Crippen LogP contribution in [0.1, 0.15) is 55.6 Å². The lowest BCUT2D eigenvalue weighted by Gasteiger charge is -2.12. The summed E-state index contributed by atoms with van der Waals surface area (Å²) < 4.78 is 12.1. The highest BCUT2D eigenvalue weighted by Crippen LogP contribution is 2.35. The van der Waals surface area contributed by atoms with Crippen molar-refractivity contribution in [1.82, 2.24) is 25.6 Å². The molecule has 1 heterocycles. The van der Waals surface area contributed by atoms with E-state index in [0.29, 0.717) is 43.8 Å². The Morgan fingerprint density at radius 2 is 1.89 bits per heavy atom. The number of ketones is 1. The number of unbranched alkanes of at least 4 members (excludes halogenated alkanes) is 1. The maximum Gasteiger partial charge on any atom is 0.407 e. The Morgan fingerprint density at radius 1 is 1.11 bits per heavy atom. The fourth-order valence-corrected chi connectivity index (χ4v) is 3.35. The highest BCUT2D eigenvalue weighted by Gasteiger charge is 2.18. The molecule has 10 nitrogen and oxygen atoms in total. The van der Waals surface area contributed by atoms with Gasteiger partial charge in [0.15, 0.2) is 12.4 Å². The summed E-state index contributed by atoms with van der Waals surface area (Å²) in [6, 6.07) is 3.00. The third kappa shape index (κ3) is 9.16. The van der Waals surface area contributed by atoms with Crippen molar-refractivity contribution in [3.8, 4) is 5.75 Å². The highest BCUT2D eigenvalue weighted by molar-refractivity contribution is 6.45. The maximum absolute atomic E-state index is 12.3. The van der Waals surface area contributed by atoms with Crippen molar-refractivity contribution in [2.75, 3.05) is 19.8 Å². The molecular formula is C24H31Cl2N5O5. The molecule has 2 amide bonds. The molecule has 0 saturated carbocycles. The van der Waals surface area contributed by atoms with Crippen LogP contribution < -0.4 is 15.4 Å². The highest BCUT2D eigenvalue weighted by atomic mass is 35.5. The predicted octanol–water partition coefficient (Wildman–Crippen LogP) is 4.35. The second-order valence-corrected chi connectivity index (χ2v) is 8.59. The Kier molecular flexibility index (Phi) is 12.2. The van der Waals surface area contributed by atoms with Crippen molar-refractivity contribution in [2.24, 2.45) is 0 Å². The van der Waals surface area contributed by atoms with Gasteiger partial charge in [0.2, 0.25) is 0 Å². The van der Waals surface area contributed by atoms with Crippen molar-refractivity contribution < 1.29 is 23.9 Å². The number of hydrogen-bond acceptors (Lipinski definition) is 7. The van der Waals surface area contributed by atoms with Crippen molar-refractivity contribution in [3.63, 3.8) is 0 Å². The number of alkyl carbamates (subject to hydrolysis) is 1. The third-order valence-electron chi connectivity index (χ3n) is 5.02. The van der Waals surface area contributed by atoms with Crippen LogP contribution in [0.15, 0.2) is 30.5 Å². The number of carbonyl (C=O) groups excluding carboxylic acids is 3. The molecule has 0 aliphatic heterocycles. The third-order valence-corrected chi connectivity index (χ3v) is 5.88. The van der Waals surface area contributed by atoms with Crippen molar-refractivity contribution in [1.29, 1.82) is 0 Å². The van der Waals surface area contributed by atoms with E-state index in [9.17, 15) is 14.4 Å². The molecule has 2 aromatic rings. The number of ether oxygens (including phenoxy) is 2. The number of aromatic nitrogens is 3. The van der Waals surface area contributed by atoms with E-state index in [0.717, 1.165) is 12.8 Å². The minimum atomic E-state index is -0.488. The lowest BCUT2D eigenvalue weighted by Crippen LogP contribution is -2.30. The molecule has 0 aliphatic carbocycles. The molecule has 0 aliphatic rings. The van der Waals surface area contributed by atoms with E-state index in [2.05, 4.69) is 27.5 Å². The van der Waals surface area contributed by atoms with Crippen LogP contribution in [0.3, 0.4) is 0 Å². The van der Waals surface area contributed by atoms with Crippen molar-refractivity contribution in [2.45, 2.75) is 52.6 Å². The van der Waals surface area contributed by atoms with Crippen LogP contribution in [-0.4, -0.2) is 52.5 Å². The number of Topliss-reactive ketones (excluding diaryl/α,β-unsaturated/α-hetero) is 1. The summed E-state index contributed by atoms with van der Waals surface area (Å²) in [6.07, 6.45) is 4.10. The van der Waals surface area contributed by atoms with Gasteiger partial charge in [-0.2, -0.15) is 0 Å². The Labute approximate surface area is 220 Å². The van der Waals surface area contributed by atoms with Crippen LogP contribution >= 0.6 is 23.2 Å². The summed E-state index contributed by atoms with van der Waals surface area (Å²) in [5.41, 5.74) is 1.26. The van der Waals surface area contributed by atoms with Gasteiger partial charge in [-0.3, -0.25) is 14.3 Å². The summed E-state index contributed by atoms with van der Waals surface area (Å²) >= 11 is 12.4. The lowest BCUT2D eigenvalue weighted by molar-refractivity contribution is -0.123. The van der Waals surface area contributed by atoms with Crippen LogP contribution in [0.25, 0.3) is 0 Å². The first-order valence-electron chi connectivity index (χ1n) is 11.7. The molecule has 2 rings (SSSR count). The van der Waals surface area contributed by atoms with E-state index >= 15 is 0 Å². The van der Waals surface area contributed by atoms with Crippen LogP contribution in [0.2, 0.25) is 10.0 Å². The molecule has 0 spiro atoms. The van der Waals surface area contributed by atoms with Gasteiger partial charge in [0.25, 0.3) is 5.91 Å². The Hall–Kier alpha value is -3.11. The van der Waals surface area contributed by atoms with Crippen LogP contribution in [0, 0.1) is 0 Å². The minimum absolute atomic E-state index is 0.0601. The molecule has 1 aromatic carbocycles. The molecule has 0 radical (unpaired) electrons. The average molecular weight is 540 g/mol. The molecule has 196 valence electrons. The second-order valence-electron chi connectivity index (χ2n) is 7.83. The number of amides is 2. The number of benzene rings is 1. The second kappa shape index (κ2) is 15.1. The average Bonchev–Trinajstić information content (AvgIpc) is 3.33. The molecule has 0 bridgehead atoms. The SMILES string of the molecule is C=C(CC)C(=O)c1ccc(OCC(=O)NCCCn2cc(CNC(=O)OCCCC)nn2)c(Cl)c1Cl. The summed E-state index contributed by atoms with van der Waals surface area (Å²) in [5.74, 6) is -0.422. The van der Waals surface area contributed by atoms with Crippen molar-refractivity contribution >= 4 is 41.0 Å². The number of carbonyl (C=O) groups is 3. The van der Waals surface area contributed by atoms with E-state index in [-0.39, 0.29) is 46.2 Å². The zero-order chi connectivity index (χ0) is 26.5. The number of allylic oxidation sites excluding steroid dienone is 1. The Bertz CT molecular complexity index is 1070. The molecule has 0 unspecified atom stereocenters. The van der Waals surface area contributed by atoms with E-state index in [1.165, 1.54) is 12.1 Å². The maximum atomic E-state index is 12.3. The van der Waals surface area contributed by atoms with E-state index < -0.39 is 6.09 Å². The standard InChI is InChI=1S/C24H31Cl2N5O5/c1-4-6-12-35-24(34)28-13-17-14-31(30-29-17)11-7-10-27-20(32)15-36-19-9-8-18(21(25)22(19)26)23(33)16(3)5-2/h8-9,14H,3-7,10-13,15H2,1-2H3,(H,27,32)(H,28,34). The van der Waals surface area contributed by atoms with Gasteiger partial charge < -0.3 is 20.1 Å². The summed E-state index contributed by atoms with van der Waals surface area (Å²) in [5, 5.41) is 13.5. The number of halogens is 2. The fraction of sp³-hybridized carbons (Fsp3) is 0.458. The summed E-state index contributed by atoms with van der Waals surface area (Å²) in [7, 11) is 0. The molecule has 0 saturated heterocycles. The molecule has 0 fully saturated rings. The fourth-order valence-electron chi connectivity index (χ4n) is 2.88. The molecule has 0 atom stereocenters. The van der Waals surface area contributed by atoms with Gasteiger partial charge in [0.1, 0.15) is 16.5 Å². The normalized spacial score (nSPS) is 10.6. The van der Waals surface area contributed by atoms with Crippen LogP contribution in [0.4, 0.5) is 4.79 Å². The lowest BCUT2D eigenvalue weighted by atomic mass is 10.0. The molecular weight excluding hydrogens is 509 g/mol. The van der Waals surface area contributed by atoms with Gasteiger partial charge in [0.05, 0.1) is 24.4 Å². The smallest absolute Gasteiger partial charge is 0.407 e. The first kappa shape index (κ1) is 29.1. The summed E-state index contributed by atoms with van der Waals surface area (Å²) in [6.45, 7) is 8.81. The van der Waals surface area contributed by atoms with Crippen LogP contribution in [-0.2, 0) is 22.6 Å². The molecule has 12 heteroatoms. The van der Waals surface area contributed by atoms with Gasteiger partial charge in [-0.25, -0.2) is 4.79 Å². The quantitative estimate of drug-likeness (QED) is 0.196. The number of rotatable bonds is 15. The first-order chi connectivity index (χ1) is 17.3. The zero-order valence-electron chi connectivity index (χ0n) is 20.4. The van der Waals surface area contributed by atoms with Gasteiger partial charge in [-0.15, -0.1) is 5.10 Å². The summed E-state index contributed by atoms with van der Waals surface area (Å²) in [4.78, 5) is 36.0. The van der Waals surface area contributed by atoms with E-state index in [1.807, 2.05) is 13.8 Å². The molecule has 1 aromatic heterocycles. The predicted molar refractivity (Wildman–Crippen MR) is 136 cm³/mol. The van der Waals surface area contributed by atoms with Crippen LogP contribution in [0.5, 0.6) is 5.75 Å². The zero-order valence-corrected chi connectivity index (χ0v) is 22.0. The minimum Gasteiger partial charge on any atom is -0.482 e. The number of aryl methyl sites for hydroxylation is 1. The topological polar surface area (TPSA) is 124 Å². The van der Waals surface area contributed by atoms with E-state index in [1.54, 1.807) is 10.9 Å². The Morgan fingerprint density at radius 3 is 2.61 bits per heavy atom. The first-order valence-corrected chi connectivity index (χ1v) is 12.4. The van der Waals surface area contributed by atoms with Gasteiger partial charge in [0, 0.05) is 18.7 Å². The molecule has 36 heavy (non-hydrogen) atoms. The van der Waals surface area contributed by atoms with Gasteiger partial charge in [-0.1, -0.05) is 55.3 Å². The largest absolute Gasteiger partial charge is 0.482 e. The number of nitrogens with one attached hydrogen (secondary N) is 2. The monoisotopic (exact) mass is 539 g/mol. The molecule has 2 N–H and O–H groups in total. The Balaban J connectivity index is 1.70. The number of nitrogens with zero attached hydrogens (tertiary/aromatic N) is 3. The van der Waals surface area contributed by atoms with E-state index in [4.69, 9.17) is 32.7 Å². The van der Waals surface area contributed by atoms with Gasteiger partial charge >= 0.3 is 6.09 Å². The van der Waals surface area contributed by atoms with Crippen molar-refractivity contribution in [3.05, 3.63) is 51.8 Å². The number of hydrogen-bond donors (Lipinski definition) is 2. The van der Waals surface area contributed by atoms with Gasteiger partial charge in [-0.05, 0) is 37.0 Å².